The van der Waals surface area contributed by atoms with Gasteiger partial charge in [0.1, 0.15) is 12.4 Å². The van der Waals surface area contributed by atoms with Crippen molar-refractivity contribution in [2.75, 3.05) is 20.3 Å². The van der Waals surface area contributed by atoms with Crippen LogP contribution in [0.4, 0.5) is 0 Å². The molecule has 3 rings (SSSR count). The first-order valence-electron chi connectivity index (χ1n) is 9.17. The molecule has 0 aliphatic rings. The zero-order valence-electron chi connectivity index (χ0n) is 16.8. The van der Waals surface area contributed by atoms with Crippen molar-refractivity contribution in [2.24, 2.45) is 0 Å². The van der Waals surface area contributed by atoms with Gasteiger partial charge in [0.2, 0.25) is 15.9 Å². The number of hydrogen-bond acceptors (Lipinski definition) is 6. The van der Waals surface area contributed by atoms with Crippen LogP contribution in [0.15, 0.2) is 53.4 Å². The van der Waals surface area contributed by atoms with Crippen molar-refractivity contribution >= 4 is 21.6 Å². The lowest BCUT2D eigenvalue weighted by atomic mass is 10.1. The van der Waals surface area contributed by atoms with E-state index in [0.717, 1.165) is 11.3 Å². The van der Waals surface area contributed by atoms with Crippen molar-refractivity contribution in [3.63, 3.8) is 0 Å². The van der Waals surface area contributed by atoms with E-state index >= 15 is 0 Å². The molecule has 0 spiro atoms. The van der Waals surface area contributed by atoms with Crippen LogP contribution in [0.2, 0.25) is 5.02 Å². The third-order valence-electron chi connectivity index (χ3n) is 4.42. The molecular weight excluding hydrogens is 426 g/mol. The summed E-state index contributed by atoms with van der Waals surface area (Å²) >= 11 is 6.04. The largest absolute Gasteiger partial charge is 0.497 e. The summed E-state index contributed by atoms with van der Waals surface area (Å²) in [7, 11) is -2.06. The minimum Gasteiger partial charge on any atom is -0.497 e. The maximum absolute atomic E-state index is 12.5. The second-order valence-electron chi connectivity index (χ2n) is 6.60. The van der Waals surface area contributed by atoms with Gasteiger partial charge in [0.15, 0.2) is 0 Å². The van der Waals surface area contributed by atoms with Gasteiger partial charge in [-0.15, -0.1) is 10.2 Å². The zero-order chi connectivity index (χ0) is 21.7. The van der Waals surface area contributed by atoms with E-state index in [1.807, 2.05) is 24.3 Å². The summed E-state index contributed by atoms with van der Waals surface area (Å²) in [6, 6.07) is 14.1. The molecule has 0 aliphatic heterocycles. The fraction of sp³-hybridized carbons (Fsp3) is 0.238. The first-order valence-corrected chi connectivity index (χ1v) is 11.0. The lowest BCUT2D eigenvalue weighted by molar-refractivity contribution is 0.307. The number of aryl methyl sites for hydroxylation is 2. The Morgan fingerprint density at radius 2 is 1.73 bits per heavy atom. The highest BCUT2D eigenvalue weighted by Crippen LogP contribution is 2.24. The minimum atomic E-state index is -3.67. The summed E-state index contributed by atoms with van der Waals surface area (Å²) in [6.07, 6.45) is 0. The van der Waals surface area contributed by atoms with Gasteiger partial charge in [0, 0.05) is 23.2 Å². The molecule has 7 nitrogen and oxygen atoms in total. The number of nitrogens with zero attached hydrogens (tertiary/aromatic N) is 2. The highest BCUT2D eigenvalue weighted by molar-refractivity contribution is 7.89. The maximum atomic E-state index is 12.5. The highest BCUT2D eigenvalue weighted by Gasteiger charge is 2.17. The second kappa shape index (κ2) is 9.42. The normalized spacial score (nSPS) is 11.3. The highest BCUT2D eigenvalue weighted by atomic mass is 35.5. The quantitative estimate of drug-likeness (QED) is 0.528. The number of halogens is 1. The molecule has 1 heterocycles. The SMILES string of the molecule is COc1ccc(-c2ccc(OCCNS(=O)(=O)c3cc(C)c(Cl)cc3C)nn2)cc1. The first kappa shape index (κ1) is 22.0. The minimum absolute atomic E-state index is 0.0886. The van der Waals surface area contributed by atoms with E-state index in [1.165, 1.54) is 0 Å². The Labute approximate surface area is 181 Å². The number of nitrogens with one attached hydrogen (secondary N) is 1. The van der Waals surface area contributed by atoms with Crippen molar-refractivity contribution in [1.29, 1.82) is 0 Å². The standard InChI is InChI=1S/C21H22ClN3O4S/c1-14-13-20(15(2)12-18(14)22)30(26,27)23-10-11-29-21-9-8-19(24-25-21)16-4-6-17(28-3)7-5-16/h4-9,12-13,23H,10-11H2,1-3H3. The number of rotatable bonds is 8. The van der Waals surface area contributed by atoms with Crippen LogP contribution in [0.3, 0.4) is 0 Å². The van der Waals surface area contributed by atoms with Crippen LogP contribution in [-0.2, 0) is 10.0 Å². The Balaban J connectivity index is 1.55. The van der Waals surface area contributed by atoms with Crippen molar-refractivity contribution in [3.8, 4) is 22.9 Å². The molecule has 0 amide bonds. The van der Waals surface area contributed by atoms with Gasteiger partial charge in [-0.2, -0.15) is 0 Å². The topological polar surface area (TPSA) is 90.4 Å². The molecule has 0 saturated heterocycles. The van der Waals surface area contributed by atoms with Crippen LogP contribution >= 0.6 is 11.6 Å². The molecule has 0 saturated carbocycles. The summed E-state index contributed by atoms with van der Waals surface area (Å²) in [4.78, 5) is 0.202. The van der Waals surface area contributed by atoms with E-state index in [4.69, 9.17) is 21.1 Å². The summed E-state index contributed by atoms with van der Waals surface area (Å²) in [5.41, 5.74) is 2.88. The van der Waals surface area contributed by atoms with Crippen LogP contribution in [0, 0.1) is 13.8 Å². The summed E-state index contributed by atoms with van der Waals surface area (Å²) in [6.45, 7) is 3.67. The molecule has 0 radical (unpaired) electrons. The molecule has 0 bridgehead atoms. The average Bonchev–Trinajstić information content (AvgIpc) is 2.74. The molecule has 0 fully saturated rings. The van der Waals surface area contributed by atoms with Crippen molar-refractivity contribution in [3.05, 3.63) is 64.7 Å². The van der Waals surface area contributed by atoms with Gasteiger partial charge >= 0.3 is 0 Å². The van der Waals surface area contributed by atoms with Gasteiger partial charge in [0.25, 0.3) is 0 Å². The molecule has 0 unspecified atom stereocenters. The molecule has 0 aliphatic carbocycles. The molecule has 1 N–H and O–H groups in total. The van der Waals surface area contributed by atoms with E-state index in [2.05, 4.69) is 14.9 Å². The molecule has 9 heteroatoms. The number of benzene rings is 2. The lowest BCUT2D eigenvalue weighted by Crippen LogP contribution is -2.29. The Hall–Kier alpha value is -2.68. The molecular formula is C21H22ClN3O4S. The second-order valence-corrected chi connectivity index (χ2v) is 8.74. The number of ether oxygens (including phenoxy) is 2. The van der Waals surface area contributed by atoms with Gasteiger partial charge in [0.05, 0.1) is 17.7 Å². The van der Waals surface area contributed by atoms with Crippen molar-refractivity contribution in [1.82, 2.24) is 14.9 Å². The van der Waals surface area contributed by atoms with E-state index in [1.54, 1.807) is 45.2 Å². The van der Waals surface area contributed by atoms with E-state index in [0.29, 0.717) is 27.7 Å². The molecule has 0 atom stereocenters. The van der Waals surface area contributed by atoms with Crippen LogP contribution in [-0.4, -0.2) is 38.9 Å². The predicted octanol–water partition coefficient (Wildman–Crippen LogP) is 3.78. The average molecular weight is 448 g/mol. The zero-order valence-corrected chi connectivity index (χ0v) is 18.4. The third kappa shape index (κ3) is 5.27. The molecule has 1 aromatic heterocycles. The summed E-state index contributed by atoms with van der Waals surface area (Å²) in [5, 5.41) is 8.71. The van der Waals surface area contributed by atoms with Gasteiger partial charge < -0.3 is 9.47 Å². The van der Waals surface area contributed by atoms with E-state index in [9.17, 15) is 8.42 Å². The first-order chi connectivity index (χ1) is 14.3. The van der Waals surface area contributed by atoms with Crippen LogP contribution < -0.4 is 14.2 Å². The number of methoxy groups -OCH3 is 1. The van der Waals surface area contributed by atoms with Gasteiger partial charge in [-0.3, -0.25) is 0 Å². The third-order valence-corrected chi connectivity index (χ3v) is 6.43. The van der Waals surface area contributed by atoms with E-state index < -0.39 is 10.0 Å². The fourth-order valence-corrected chi connectivity index (χ4v) is 4.31. The Morgan fingerprint density at radius 3 is 2.37 bits per heavy atom. The Morgan fingerprint density at radius 1 is 1.00 bits per heavy atom. The monoisotopic (exact) mass is 447 g/mol. The lowest BCUT2D eigenvalue weighted by Gasteiger charge is -2.11. The fourth-order valence-electron chi connectivity index (χ4n) is 2.77. The molecule has 3 aromatic rings. The Bertz CT molecular complexity index is 1120. The number of aromatic nitrogens is 2. The molecule has 2 aromatic carbocycles. The van der Waals surface area contributed by atoms with Gasteiger partial charge in [-0.1, -0.05) is 11.6 Å². The summed E-state index contributed by atoms with van der Waals surface area (Å²) in [5.74, 6) is 1.07. The summed E-state index contributed by atoms with van der Waals surface area (Å²) < 4.78 is 38.2. The van der Waals surface area contributed by atoms with Crippen molar-refractivity contribution in [2.45, 2.75) is 18.7 Å². The number of hydrogen-bond donors (Lipinski definition) is 1. The van der Waals surface area contributed by atoms with Gasteiger partial charge in [-0.05, 0) is 67.4 Å². The van der Waals surface area contributed by atoms with Crippen LogP contribution in [0.1, 0.15) is 11.1 Å². The Kier molecular flexibility index (Phi) is 6.91. The van der Waals surface area contributed by atoms with E-state index in [-0.39, 0.29) is 18.0 Å². The molecule has 158 valence electrons. The van der Waals surface area contributed by atoms with Gasteiger partial charge in [-0.25, -0.2) is 13.1 Å². The smallest absolute Gasteiger partial charge is 0.240 e. The number of sulfonamides is 1. The van der Waals surface area contributed by atoms with Crippen molar-refractivity contribution < 1.29 is 17.9 Å². The van der Waals surface area contributed by atoms with Crippen LogP contribution in [0.25, 0.3) is 11.3 Å². The maximum Gasteiger partial charge on any atom is 0.240 e. The molecule has 30 heavy (non-hydrogen) atoms. The van der Waals surface area contributed by atoms with Crippen LogP contribution in [0.5, 0.6) is 11.6 Å². The predicted molar refractivity (Wildman–Crippen MR) is 116 cm³/mol.